The van der Waals surface area contributed by atoms with E-state index >= 15 is 0 Å². The molecular weight excluding hydrogens is 260 g/mol. The molecule has 0 aliphatic heterocycles. The van der Waals surface area contributed by atoms with Gasteiger partial charge in [-0.2, -0.15) is 0 Å². The molecule has 21 heavy (non-hydrogen) atoms. The zero-order valence-electron chi connectivity index (χ0n) is 13.1. The van der Waals surface area contributed by atoms with Crippen LogP contribution in [0.5, 0.6) is 0 Å². The van der Waals surface area contributed by atoms with E-state index in [1.165, 1.54) is 30.6 Å². The van der Waals surface area contributed by atoms with E-state index in [-0.39, 0.29) is 11.6 Å². The van der Waals surface area contributed by atoms with E-state index in [4.69, 9.17) is 10.7 Å². The zero-order valence-corrected chi connectivity index (χ0v) is 13.1. The summed E-state index contributed by atoms with van der Waals surface area (Å²) >= 11 is 0. The second-order valence-electron chi connectivity index (χ2n) is 7.78. The molecule has 112 valence electrons. The van der Waals surface area contributed by atoms with Crippen molar-refractivity contribution in [2.75, 3.05) is 0 Å². The molecule has 0 radical (unpaired) electrons. The maximum atomic E-state index is 6.56. The molecule has 4 rings (SSSR count). The fourth-order valence-electron chi connectivity index (χ4n) is 4.60. The summed E-state index contributed by atoms with van der Waals surface area (Å²) in [7, 11) is 0. The van der Waals surface area contributed by atoms with Crippen molar-refractivity contribution in [1.29, 1.82) is 0 Å². The van der Waals surface area contributed by atoms with Gasteiger partial charge in [0.25, 0.3) is 0 Å². The van der Waals surface area contributed by atoms with Crippen molar-refractivity contribution in [3.05, 3.63) is 24.3 Å². The SMILES string of the molecule is CC(C)(C)n1c(C2C3CCC(C3)C2N)nc2cnccc21. The largest absolute Gasteiger partial charge is 0.327 e. The molecule has 0 amide bonds. The van der Waals surface area contributed by atoms with Gasteiger partial charge in [0.1, 0.15) is 11.3 Å². The molecule has 2 aliphatic carbocycles. The average Bonchev–Trinajstić information content (AvgIpc) is 3.08. The van der Waals surface area contributed by atoms with Crippen LogP contribution in [0.15, 0.2) is 18.5 Å². The van der Waals surface area contributed by atoms with E-state index < -0.39 is 0 Å². The van der Waals surface area contributed by atoms with Crippen LogP contribution in [0.4, 0.5) is 0 Å². The molecule has 2 aromatic rings. The lowest BCUT2D eigenvalue weighted by molar-refractivity contribution is 0.317. The third-order valence-electron chi connectivity index (χ3n) is 5.43. The Bertz CT molecular complexity index is 680. The van der Waals surface area contributed by atoms with Crippen molar-refractivity contribution in [1.82, 2.24) is 14.5 Å². The minimum Gasteiger partial charge on any atom is -0.327 e. The Kier molecular flexibility index (Phi) is 2.71. The number of pyridine rings is 1. The number of imidazole rings is 1. The highest BCUT2D eigenvalue weighted by Crippen LogP contribution is 2.52. The van der Waals surface area contributed by atoms with Crippen molar-refractivity contribution in [2.24, 2.45) is 17.6 Å². The first-order chi connectivity index (χ1) is 9.97. The van der Waals surface area contributed by atoms with Gasteiger partial charge in [-0.25, -0.2) is 4.98 Å². The highest BCUT2D eigenvalue weighted by atomic mass is 15.1. The second kappa shape index (κ2) is 4.29. The van der Waals surface area contributed by atoms with E-state index in [9.17, 15) is 0 Å². The first kappa shape index (κ1) is 13.3. The van der Waals surface area contributed by atoms with Crippen molar-refractivity contribution >= 4 is 11.0 Å². The number of nitrogens with zero attached hydrogens (tertiary/aromatic N) is 3. The van der Waals surface area contributed by atoms with E-state index in [1.807, 2.05) is 12.4 Å². The lowest BCUT2D eigenvalue weighted by Gasteiger charge is -2.32. The highest BCUT2D eigenvalue weighted by molar-refractivity contribution is 5.75. The molecule has 2 aliphatic rings. The molecule has 0 aromatic carbocycles. The number of nitrogens with two attached hydrogens (primary N) is 1. The summed E-state index contributed by atoms with van der Waals surface area (Å²) in [5.41, 5.74) is 8.75. The quantitative estimate of drug-likeness (QED) is 0.875. The summed E-state index contributed by atoms with van der Waals surface area (Å²) < 4.78 is 2.40. The van der Waals surface area contributed by atoms with Gasteiger partial charge in [0.2, 0.25) is 0 Å². The number of aromatic nitrogens is 3. The minimum atomic E-state index is 0.00693. The predicted octanol–water partition coefficient (Wildman–Crippen LogP) is 3.03. The Morgan fingerprint density at radius 2 is 2.00 bits per heavy atom. The van der Waals surface area contributed by atoms with Crippen molar-refractivity contribution in [3.63, 3.8) is 0 Å². The van der Waals surface area contributed by atoms with Crippen LogP contribution in [0, 0.1) is 11.8 Å². The van der Waals surface area contributed by atoms with Gasteiger partial charge in [-0.05, 0) is 57.9 Å². The first-order valence-corrected chi connectivity index (χ1v) is 8.05. The standard InChI is InChI=1S/C17H24N4/c1-17(2,3)21-13-6-7-19-9-12(13)20-16(21)14-10-4-5-11(8-10)15(14)18/h6-7,9-11,14-15H,4-5,8,18H2,1-3H3. The lowest BCUT2D eigenvalue weighted by atomic mass is 9.84. The van der Waals surface area contributed by atoms with Gasteiger partial charge in [0.05, 0.1) is 11.7 Å². The molecule has 2 saturated carbocycles. The van der Waals surface area contributed by atoms with Crippen LogP contribution < -0.4 is 5.73 Å². The molecule has 4 nitrogen and oxygen atoms in total. The number of hydrogen-bond acceptors (Lipinski definition) is 3. The van der Waals surface area contributed by atoms with Crippen LogP contribution in [0.1, 0.15) is 51.8 Å². The summed E-state index contributed by atoms with van der Waals surface area (Å²) in [6, 6.07) is 2.35. The molecule has 2 bridgehead atoms. The van der Waals surface area contributed by atoms with Gasteiger partial charge in [-0.15, -0.1) is 0 Å². The van der Waals surface area contributed by atoms with Gasteiger partial charge in [-0.1, -0.05) is 0 Å². The number of hydrogen-bond donors (Lipinski definition) is 1. The monoisotopic (exact) mass is 284 g/mol. The van der Waals surface area contributed by atoms with E-state index in [2.05, 4.69) is 36.4 Å². The summed E-state index contributed by atoms with van der Waals surface area (Å²) in [6.07, 6.45) is 7.64. The second-order valence-corrected chi connectivity index (χ2v) is 7.78. The molecule has 2 N–H and O–H groups in total. The maximum absolute atomic E-state index is 6.56. The topological polar surface area (TPSA) is 56.7 Å². The molecule has 0 saturated heterocycles. The van der Waals surface area contributed by atoms with E-state index in [1.54, 1.807) is 0 Å². The fraction of sp³-hybridized carbons (Fsp3) is 0.647. The van der Waals surface area contributed by atoms with Crippen molar-refractivity contribution in [3.8, 4) is 0 Å². The van der Waals surface area contributed by atoms with Crippen molar-refractivity contribution in [2.45, 2.75) is 57.5 Å². The minimum absolute atomic E-state index is 0.00693. The Morgan fingerprint density at radius 1 is 1.24 bits per heavy atom. The van der Waals surface area contributed by atoms with Gasteiger partial charge in [-0.3, -0.25) is 4.98 Å². The predicted molar refractivity (Wildman–Crippen MR) is 84.1 cm³/mol. The molecule has 4 unspecified atom stereocenters. The van der Waals surface area contributed by atoms with E-state index in [0.29, 0.717) is 11.8 Å². The molecule has 2 aromatic heterocycles. The number of rotatable bonds is 1. The Balaban J connectivity index is 1.92. The molecule has 4 atom stereocenters. The Morgan fingerprint density at radius 3 is 2.67 bits per heavy atom. The van der Waals surface area contributed by atoms with Crippen molar-refractivity contribution < 1.29 is 0 Å². The Labute approximate surface area is 125 Å². The normalized spacial score (nSPS) is 32.2. The molecule has 2 fully saturated rings. The van der Waals surface area contributed by atoms with Gasteiger partial charge in [0, 0.05) is 23.7 Å². The van der Waals surface area contributed by atoms with Crippen LogP contribution in [0.25, 0.3) is 11.0 Å². The van der Waals surface area contributed by atoms with Crippen LogP contribution in [0.3, 0.4) is 0 Å². The lowest BCUT2D eigenvalue weighted by Crippen LogP contribution is -2.37. The van der Waals surface area contributed by atoms with E-state index in [0.717, 1.165) is 11.4 Å². The van der Waals surface area contributed by atoms with Gasteiger partial charge >= 0.3 is 0 Å². The average molecular weight is 284 g/mol. The van der Waals surface area contributed by atoms with Gasteiger partial charge in [0.15, 0.2) is 0 Å². The number of fused-ring (bicyclic) bond motifs is 3. The maximum Gasteiger partial charge on any atom is 0.115 e. The molecule has 4 heteroatoms. The Hall–Kier alpha value is -1.42. The smallest absolute Gasteiger partial charge is 0.115 e. The zero-order chi connectivity index (χ0) is 14.8. The highest BCUT2D eigenvalue weighted by Gasteiger charge is 2.48. The molecule has 2 heterocycles. The third kappa shape index (κ3) is 1.85. The summed E-state index contributed by atoms with van der Waals surface area (Å²) in [4.78, 5) is 9.19. The summed E-state index contributed by atoms with van der Waals surface area (Å²) in [5, 5.41) is 0. The first-order valence-electron chi connectivity index (χ1n) is 8.05. The summed E-state index contributed by atoms with van der Waals surface area (Å²) in [5.74, 6) is 3.02. The van der Waals surface area contributed by atoms with Gasteiger partial charge < -0.3 is 10.3 Å². The fourth-order valence-corrected chi connectivity index (χ4v) is 4.60. The summed E-state index contributed by atoms with van der Waals surface area (Å²) in [6.45, 7) is 6.74. The van der Waals surface area contributed by atoms with Crippen LogP contribution >= 0.6 is 0 Å². The molecule has 0 spiro atoms. The third-order valence-corrected chi connectivity index (χ3v) is 5.43. The van der Waals surface area contributed by atoms with Crippen LogP contribution in [0.2, 0.25) is 0 Å². The van der Waals surface area contributed by atoms with Crippen LogP contribution in [-0.2, 0) is 5.54 Å². The van der Waals surface area contributed by atoms with Crippen LogP contribution in [-0.4, -0.2) is 20.6 Å². The molecular formula is C17H24N4.